The van der Waals surface area contributed by atoms with E-state index in [0.717, 1.165) is 10.9 Å². The Morgan fingerprint density at radius 2 is 1.75 bits per heavy atom. The Hall–Kier alpha value is -1.77. The molecule has 0 heterocycles. The molecule has 0 aliphatic rings. The molecule has 0 radical (unpaired) electrons. The van der Waals surface area contributed by atoms with Gasteiger partial charge in [0.15, 0.2) is 11.6 Å². The lowest BCUT2D eigenvalue weighted by atomic mass is 9.95. The standard InChI is InChI=1S/C13H13FO2/c1-7(2)10-5-9(15)3-8-4-13(16)12(14)6-11(8)10/h3-7,15-16H,1-2H3. The van der Waals surface area contributed by atoms with Gasteiger partial charge >= 0.3 is 0 Å². The molecule has 2 aromatic rings. The highest BCUT2D eigenvalue weighted by Crippen LogP contribution is 2.33. The minimum atomic E-state index is -0.639. The highest BCUT2D eigenvalue weighted by Gasteiger charge is 2.10. The molecule has 2 N–H and O–H groups in total. The van der Waals surface area contributed by atoms with Crippen LogP contribution in [0.3, 0.4) is 0 Å². The van der Waals surface area contributed by atoms with Gasteiger partial charge < -0.3 is 10.2 Å². The molecule has 0 amide bonds. The van der Waals surface area contributed by atoms with Gasteiger partial charge in [0.2, 0.25) is 0 Å². The molecule has 0 fully saturated rings. The summed E-state index contributed by atoms with van der Waals surface area (Å²) in [6, 6.07) is 5.78. The summed E-state index contributed by atoms with van der Waals surface area (Å²) in [4.78, 5) is 0. The fraction of sp³-hybridized carbons (Fsp3) is 0.231. The van der Waals surface area contributed by atoms with E-state index in [4.69, 9.17) is 0 Å². The molecular formula is C13H13FO2. The molecule has 0 atom stereocenters. The van der Waals surface area contributed by atoms with Crippen LogP contribution in [-0.4, -0.2) is 10.2 Å². The van der Waals surface area contributed by atoms with Gasteiger partial charge in [0.1, 0.15) is 5.75 Å². The number of fused-ring (bicyclic) bond motifs is 1. The summed E-state index contributed by atoms with van der Waals surface area (Å²) in [5.41, 5.74) is 0.869. The van der Waals surface area contributed by atoms with Gasteiger partial charge in [-0.25, -0.2) is 4.39 Å². The number of phenols is 2. The van der Waals surface area contributed by atoms with Crippen LogP contribution in [0.4, 0.5) is 4.39 Å². The maximum atomic E-state index is 13.3. The second kappa shape index (κ2) is 3.67. The highest BCUT2D eigenvalue weighted by atomic mass is 19.1. The Morgan fingerprint density at radius 3 is 2.38 bits per heavy atom. The summed E-state index contributed by atoms with van der Waals surface area (Å²) in [5, 5.41) is 20.2. The maximum Gasteiger partial charge on any atom is 0.165 e. The number of rotatable bonds is 1. The van der Waals surface area contributed by atoms with Crippen molar-refractivity contribution in [3.05, 3.63) is 35.6 Å². The van der Waals surface area contributed by atoms with Crippen molar-refractivity contribution in [1.82, 2.24) is 0 Å². The monoisotopic (exact) mass is 220 g/mol. The molecule has 3 heteroatoms. The summed E-state index contributed by atoms with van der Waals surface area (Å²) >= 11 is 0. The van der Waals surface area contributed by atoms with Crippen LogP contribution in [0.15, 0.2) is 24.3 Å². The number of benzene rings is 2. The summed E-state index contributed by atoms with van der Waals surface area (Å²) in [7, 11) is 0. The van der Waals surface area contributed by atoms with Crippen molar-refractivity contribution in [3.63, 3.8) is 0 Å². The van der Waals surface area contributed by atoms with Crippen molar-refractivity contribution in [1.29, 1.82) is 0 Å². The Balaban J connectivity index is 2.85. The van der Waals surface area contributed by atoms with E-state index in [0.29, 0.717) is 5.39 Å². The smallest absolute Gasteiger partial charge is 0.165 e. The molecule has 0 aliphatic heterocycles. The first-order chi connectivity index (χ1) is 7.49. The number of hydrogen-bond donors (Lipinski definition) is 2. The van der Waals surface area contributed by atoms with Crippen LogP contribution < -0.4 is 0 Å². The zero-order chi connectivity index (χ0) is 11.9. The molecule has 2 aromatic carbocycles. The lowest BCUT2D eigenvalue weighted by molar-refractivity contribution is 0.433. The molecule has 0 aromatic heterocycles. The topological polar surface area (TPSA) is 40.5 Å². The minimum absolute atomic E-state index is 0.127. The van der Waals surface area contributed by atoms with Crippen molar-refractivity contribution >= 4 is 10.8 Å². The van der Waals surface area contributed by atoms with E-state index >= 15 is 0 Å². The average molecular weight is 220 g/mol. The van der Waals surface area contributed by atoms with E-state index in [1.165, 1.54) is 18.2 Å². The van der Waals surface area contributed by atoms with Crippen LogP contribution in [0, 0.1) is 5.82 Å². The largest absolute Gasteiger partial charge is 0.508 e. The van der Waals surface area contributed by atoms with Crippen molar-refractivity contribution in [3.8, 4) is 11.5 Å². The predicted molar refractivity (Wildman–Crippen MR) is 61.3 cm³/mol. The van der Waals surface area contributed by atoms with Crippen molar-refractivity contribution in [2.45, 2.75) is 19.8 Å². The molecule has 0 aliphatic carbocycles. The molecule has 2 nitrogen and oxygen atoms in total. The van der Waals surface area contributed by atoms with Gasteiger partial charge in [-0.15, -0.1) is 0 Å². The molecule has 0 bridgehead atoms. The quantitative estimate of drug-likeness (QED) is 0.772. The number of phenolic OH excluding ortho intramolecular Hbond substituents is 2. The number of halogens is 1. The van der Waals surface area contributed by atoms with Gasteiger partial charge in [0.25, 0.3) is 0 Å². The first-order valence-corrected chi connectivity index (χ1v) is 5.14. The van der Waals surface area contributed by atoms with E-state index in [9.17, 15) is 14.6 Å². The zero-order valence-electron chi connectivity index (χ0n) is 9.16. The highest BCUT2D eigenvalue weighted by molar-refractivity contribution is 5.88. The molecular weight excluding hydrogens is 207 g/mol. The molecule has 0 unspecified atom stereocenters. The molecule has 16 heavy (non-hydrogen) atoms. The maximum absolute atomic E-state index is 13.3. The summed E-state index contributed by atoms with van der Waals surface area (Å²) in [5.74, 6) is -0.728. The summed E-state index contributed by atoms with van der Waals surface area (Å²) in [6.07, 6.45) is 0. The fourth-order valence-corrected chi connectivity index (χ4v) is 1.86. The first kappa shape index (κ1) is 10.7. The third-order valence-corrected chi connectivity index (χ3v) is 2.66. The van der Waals surface area contributed by atoms with Gasteiger partial charge in [0.05, 0.1) is 0 Å². The zero-order valence-corrected chi connectivity index (χ0v) is 9.16. The lowest BCUT2D eigenvalue weighted by Gasteiger charge is -2.11. The normalized spacial score (nSPS) is 11.2. The molecule has 0 spiro atoms. The van der Waals surface area contributed by atoms with E-state index in [2.05, 4.69) is 0 Å². The van der Waals surface area contributed by atoms with Crippen LogP contribution in [0.25, 0.3) is 10.8 Å². The van der Waals surface area contributed by atoms with Gasteiger partial charge in [-0.3, -0.25) is 0 Å². The van der Waals surface area contributed by atoms with E-state index in [-0.39, 0.29) is 11.7 Å². The Kier molecular flexibility index (Phi) is 2.46. The number of aromatic hydroxyl groups is 2. The fourth-order valence-electron chi connectivity index (χ4n) is 1.86. The second-order valence-corrected chi connectivity index (χ2v) is 4.21. The van der Waals surface area contributed by atoms with Crippen LogP contribution in [-0.2, 0) is 0 Å². The van der Waals surface area contributed by atoms with E-state index in [1.54, 1.807) is 6.07 Å². The molecule has 84 valence electrons. The minimum Gasteiger partial charge on any atom is -0.508 e. The second-order valence-electron chi connectivity index (χ2n) is 4.21. The van der Waals surface area contributed by atoms with E-state index < -0.39 is 11.6 Å². The molecule has 0 saturated heterocycles. The first-order valence-electron chi connectivity index (χ1n) is 5.14. The SMILES string of the molecule is CC(C)c1cc(O)cc2cc(O)c(F)cc12. The lowest BCUT2D eigenvalue weighted by Crippen LogP contribution is -1.90. The third kappa shape index (κ3) is 1.69. The Labute approximate surface area is 93.0 Å². The van der Waals surface area contributed by atoms with Gasteiger partial charge in [-0.05, 0) is 46.5 Å². The average Bonchev–Trinajstić information content (AvgIpc) is 2.19. The molecule has 2 rings (SSSR count). The Bertz CT molecular complexity index is 547. The van der Waals surface area contributed by atoms with Gasteiger partial charge in [-0.1, -0.05) is 13.8 Å². The van der Waals surface area contributed by atoms with Crippen molar-refractivity contribution in [2.24, 2.45) is 0 Å². The van der Waals surface area contributed by atoms with Crippen LogP contribution in [0.2, 0.25) is 0 Å². The summed E-state index contributed by atoms with van der Waals surface area (Å²) in [6.45, 7) is 3.94. The van der Waals surface area contributed by atoms with Crippen LogP contribution in [0.5, 0.6) is 11.5 Å². The van der Waals surface area contributed by atoms with Crippen molar-refractivity contribution < 1.29 is 14.6 Å². The van der Waals surface area contributed by atoms with Crippen molar-refractivity contribution in [2.75, 3.05) is 0 Å². The predicted octanol–water partition coefficient (Wildman–Crippen LogP) is 3.51. The molecule has 0 saturated carbocycles. The van der Waals surface area contributed by atoms with Crippen LogP contribution >= 0.6 is 0 Å². The Morgan fingerprint density at radius 1 is 1.06 bits per heavy atom. The number of hydrogen-bond acceptors (Lipinski definition) is 2. The van der Waals surface area contributed by atoms with E-state index in [1.807, 2.05) is 13.8 Å². The van der Waals surface area contributed by atoms with Gasteiger partial charge in [0, 0.05) is 0 Å². The van der Waals surface area contributed by atoms with Crippen LogP contribution in [0.1, 0.15) is 25.3 Å². The third-order valence-electron chi connectivity index (χ3n) is 2.66. The summed E-state index contributed by atoms with van der Waals surface area (Å²) < 4.78 is 13.3. The van der Waals surface area contributed by atoms with Gasteiger partial charge in [-0.2, -0.15) is 0 Å².